The summed E-state index contributed by atoms with van der Waals surface area (Å²) in [5.41, 5.74) is 0. The number of nitrogens with one attached hydrogen (secondary N) is 1. The molecule has 5 nitrogen and oxygen atoms in total. The van der Waals surface area contributed by atoms with Crippen LogP contribution in [-0.2, 0) is 9.53 Å². The first-order valence-corrected chi connectivity index (χ1v) is 6.11. The number of nitrogens with zero attached hydrogens (tertiary/aromatic N) is 2. The fraction of sp³-hybridized carbons (Fsp3) is 0.625. The lowest BCUT2D eigenvalue weighted by atomic mass is 10.3. The van der Waals surface area contributed by atoms with E-state index in [0.29, 0.717) is 5.75 Å². The average molecular weight is 247 g/mol. The molecular formula is C8H13N3O2S2. The van der Waals surface area contributed by atoms with Crippen LogP contribution in [0.5, 0.6) is 0 Å². The summed E-state index contributed by atoms with van der Waals surface area (Å²) in [5, 5.41) is 2.89. The van der Waals surface area contributed by atoms with Crippen molar-refractivity contribution in [2.24, 2.45) is 0 Å². The Morgan fingerprint density at radius 1 is 1.73 bits per heavy atom. The zero-order valence-electron chi connectivity index (χ0n) is 8.81. The van der Waals surface area contributed by atoms with E-state index in [2.05, 4.69) is 19.4 Å². The Morgan fingerprint density at radius 2 is 2.47 bits per heavy atom. The highest BCUT2D eigenvalue weighted by atomic mass is 32.2. The third-order valence-electron chi connectivity index (χ3n) is 1.72. The second-order valence-electron chi connectivity index (χ2n) is 2.78. The Kier molecular flexibility index (Phi) is 5.00. The summed E-state index contributed by atoms with van der Waals surface area (Å²) in [7, 11) is 3.11. The van der Waals surface area contributed by atoms with Crippen molar-refractivity contribution in [3.05, 3.63) is 5.82 Å². The number of ether oxygens (including phenoxy) is 1. The first-order chi connectivity index (χ1) is 7.17. The number of aryl methyl sites for hydroxylation is 1. The van der Waals surface area contributed by atoms with Crippen LogP contribution in [0, 0.1) is 6.92 Å². The van der Waals surface area contributed by atoms with Crippen molar-refractivity contribution >= 4 is 29.3 Å². The van der Waals surface area contributed by atoms with Crippen LogP contribution in [0.25, 0.3) is 0 Å². The van der Waals surface area contributed by atoms with E-state index in [1.807, 2.05) is 6.92 Å². The maximum atomic E-state index is 11.2. The molecule has 1 N–H and O–H groups in total. The standard InChI is InChI=1S/C8H13N3O2S2/c1-5-10-8(15-11-5)14-4-6(9-2)7(12)13-3/h6,9H,4H2,1-3H3. The van der Waals surface area contributed by atoms with Gasteiger partial charge in [0.1, 0.15) is 11.9 Å². The van der Waals surface area contributed by atoms with Gasteiger partial charge in [-0.3, -0.25) is 4.79 Å². The minimum atomic E-state index is -0.302. The molecule has 1 atom stereocenters. The Labute approximate surface area is 96.8 Å². The first kappa shape index (κ1) is 12.4. The van der Waals surface area contributed by atoms with Crippen LogP contribution < -0.4 is 5.32 Å². The van der Waals surface area contributed by atoms with Gasteiger partial charge < -0.3 is 10.1 Å². The van der Waals surface area contributed by atoms with Crippen LogP contribution in [0.2, 0.25) is 0 Å². The molecule has 0 aliphatic rings. The lowest BCUT2D eigenvalue weighted by molar-refractivity contribution is -0.142. The molecule has 1 rings (SSSR count). The van der Waals surface area contributed by atoms with Gasteiger partial charge in [0, 0.05) is 5.75 Å². The van der Waals surface area contributed by atoms with Gasteiger partial charge in [0.2, 0.25) is 0 Å². The molecule has 0 bridgehead atoms. The number of rotatable bonds is 5. The fourth-order valence-corrected chi connectivity index (χ4v) is 2.66. The summed E-state index contributed by atoms with van der Waals surface area (Å²) in [5.74, 6) is 1.10. The van der Waals surface area contributed by atoms with Crippen LogP contribution in [0.3, 0.4) is 0 Å². The Hall–Kier alpha value is -0.660. The highest BCUT2D eigenvalue weighted by molar-refractivity contribution is 8.01. The maximum Gasteiger partial charge on any atom is 0.323 e. The van der Waals surface area contributed by atoms with E-state index in [0.717, 1.165) is 10.2 Å². The predicted molar refractivity (Wildman–Crippen MR) is 60.2 cm³/mol. The largest absolute Gasteiger partial charge is 0.468 e. The maximum absolute atomic E-state index is 11.2. The zero-order chi connectivity index (χ0) is 11.3. The van der Waals surface area contributed by atoms with E-state index >= 15 is 0 Å². The molecule has 0 radical (unpaired) electrons. The number of likely N-dealkylation sites (N-methyl/N-ethyl adjacent to an activating group) is 1. The van der Waals surface area contributed by atoms with Gasteiger partial charge in [0.25, 0.3) is 0 Å². The van der Waals surface area contributed by atoms with E-state index in [9.17, 15) is 4.79 Å². The van der Waals surface area contributed by atoms with Gasteiger partial charge in [-0.15, -0.1) is 0 Å². The summed E-state index contributed by atoms with van der Waals surface area (Å²) < 4.78 is 9.58. The third-order valence-corrected chi connectivity index (χ3v) is 3.73. The second-order valence-corrected chi connectivity index (χ2v) is 4.80. The molecule has 7 heteroatoms. The Morgan fingerprint density at radius 3 is 2.93 bits per heavy atom. The van der Waals surface area contributed by atoms with Crippen LogP contribution in [-0.4, -0.2) is 41.3 Å². The van der Waals surface area contributed by atoms with Gasteiger partial charge >= 0.3 is 5.97 Å². The minimum absolute atomic E-state index is 0.258. The van der Waals surface area contributed by atoms with Crippen molar-refractivity contribution in [3.8, 4) is 0 Å². The molecule has 0 saturated heterocycles. The third kappa shape index (κ3) is 3.77. The number of thioether (sulfide) groups is 1. The normalized spacial score (nSPS) is 12.5. The SMILES string of the molecule is CNC(CSc1nc(C)ns1)C(=O)OC. The molecule has 0 aliphatic carbocycles. The van der Waals surface area contributed by atoms with Crippen molar-refractivity contribution in [2.75, 3.05) is 19.9 Å². The monoisotopic (exact) mass is 247 g/mol. The number of methoxy groups -OCH3 is 1. The number of carbonyl (C=O) groups is 1. The van der Waals surface area contributed by atoms with Gasteiger partial charge in [-0.2, -0.15) is 4.37 Å². The average Bonchev–Trinajstić information content (AvgIpc) is 2.64. The lowest BCUT2D eigenvalue weighted by Crippen LogP contribution is -2.37. The minimum Gasteiger partial charge on any atom is -0.468 e. The van der Waals surface area contributed by atoms with Gasteiger partial charge in [0.05, 0.1) is 7.11 Å². The van der Waals surface area contributed by atoms with E-state index in [4.69, 9.17) is 0 Å². The fourth-order valence-electron chi connectivity index (χ4n) is 0.903. The van der Waals surface area contributed by atoms with Gasteiger partial charge in [0.15, 0.2) is 4.34 Å². The van der Waals surface area contributed by atoms with Crippen LogP contribution in [0.4, 0.5) is 0 Å². The second kappa shape index (κ2) is 6.04. The smallest absolute Gasteiger partial charge is 0.323 e. The van der Waals surface area contributed by atoms with Gasteiger partial charge in [-0.25, -0.2) is 4.98 Å². The molecule has 0 aliphatic heterocycles. The molecular weight excluding hydrogens is 234 g/mol. The Balaban J connectivity index is 2.44. The molecule has 1 aromatic heterocycles. The number of carbonyl (C=O) groups excluding carboxylic acids is 1. The molecule has 1 aromatic rings. The molecule has 84 valence electrons. The molecule has 0 aromatic carbocycles. The van der Waals surface area contributed by atoms with E-state index in [-0.39, 0.29) is 12.0 Å². The highest BCUT2D eigenvalue weighted by Gasteiger charge is 2.17. The zero-order valence-corrected chi connectivity index (χ0v) is 10.4. The molecule has 1 heterocycles. The summed E-state index contributed by atoms with van der Waals surface area (Å²) >= 11 is 2.84. The van der Waals surface area contributed by atoms with E-state index in [1.165, 1.54) is 30.4 Å². The lowest BCUT2D eigenvalue weighted by Gasteiger charge is -2.11. The predicted octanol–water partition coefficient (Wildman–Crippen LogP) is 0.700. The summed E-state index contributed by atoms with van der Waals surface area (Å²) in [6.07, 6.45) is 0. The summed E-state index contributed by atoms with van der Waals surface area (Å²) in [6, 6.07) is -0.302. The van der Waals surface area contributed by atoms with Crippen molar-refractivity contribution in [2.45, 2.75) is 17.3 Å². The number of esters is 1. The Bertz CT molecular complexity index is 329. The van der Waals surface area contributed by atoms with Crippen molar-refractivity contribution in [3.63, 3.8) is 0 Å². The molecule has 0 saturated carbocycles. The highest BCUT2D eigenvalue weighted by Crippen LogP contribution is 2.20. The van der Waals surface area contributed by atoms with E-state index < -0.39 is 0 Å². The summed E-state index contributed by atoms with van der Waals surface area (Å²) in [4.78, 5) is 15.4. The topological polar surface area (TPSA) is 64.1 Å². The summed E-state index contributed by atoms with van der Waals surface area (Å²) in [6.45, 7) is 1.84. The number of hydrogen-bond donors (Lipinski definition) is 1. The van der Waals surface area contributed by atoms with Crippen LogP contribution >= 0.6 is 23.3 Å². The number of aromatic nitrogens is 2. The first-order valence-electron chi connectivity index (χ1n) is 4.35. The van der Waals surface area contributed by atoms with Gasteiger partial charge in [-0.05, 0) is 25.5 Å². The van der Waals surface area contributed by atoms with Crippen LogP contribution in [0.15, 0.2) is 4.34 Å². The molecule has 0 spiro atoms. The van der Waals surface area contributed by atoms with E-state index in [1.54, 1.807) is 7.05 Å². The molecule has 15 heavy (non-hydrogen) atoms. The molecule has 0 amide bonds. The quantitative estimate of drug-likeness (QED) is 0.610. The van der Waals surface area contributed by atoms with Gasteiger partial charge in [-0.1, -0.05) is 11.8 Å². The van der Waals surface area contributed by atoms with Crippen molar-refractivity contribution < 1.29 is 9.53 Å². The van der Waals surface area contributed by atoms with Crippen LogP contribution in [0.1, 0.15) is 5.82 Å². The van der Waals surface area contributed by atoms with Crippen molar-refractivity contribution in [1.29, 1.82) is 0 Å². The van der Waals surface area contributed by atoms with Crippen molar-refractivity contribution in [1.82, 2.24) is 14.7 Å². The molecule has 1 unspecified atom stereocenters. The number of hydrogen-bond acceptors (Lipinski definition) is 7. The molecule has 0 fully saturated rings.